The fourth-order valence-electron chi connectivity index (χ4n) is 6.51. The third-order valence-electron chi connectivity index (χ3n) is 8.78. The van der Waals surface area contributed by atoms with Crippen molar-refractivity contribution in [2.24, 2.45) is 0 Å². The van der Waals surface area contributed by atoms with Crippen LogP contribution in [0.4, 0.5) is 17.1 Å². The number of hydrogen-bond donors (Lipinski definition) is 1. The van der Waals surface area contributed by atoms with Crippen molar-refractivity contribution in [1.29, 1.82) is 0 Å². The van der Waals surface area contributed by atoms with E-state index in [1.54, 1.807) is 0 Å². The average Bonchev–Trinajstić information content (AvgIpc) is 3.33. The number of esters is 1. The van der Waals surface area contributed by atoms with Gasteiger partial charge in [0.15, 0.2) is 5.60 Å². The first-order valence-corrected chi connectivity index (χ1v) is 16.0. The molecule has 222 valence electrons. The number of fused-ring (bicyclic) bond motifs is 6. The summed E-state index contributed by atoms with van der Waals surface area (Å²) in [5.41, 5.74) is 6.33. The minimum Gasteiger partial charge on any atom is -0.456 e. The van der Waals surface area contributed by atoms with Gasteiger partial charge in [-0.15, -0.1) is 0 Å². The van der Waals surface area contributed by atoms with Gasteiger partial charge in [-0.25, -0.2) is 4.79 Å². The Labute approximate surface area is 255 Å². The molecule has 2 heterocycles. The van der Waals surface area contributed by atoms with Crippen LogP contribution in [0.5, 0.6) is 11.5 Å². The second-order valence-corrected chi connectivity index (χ2v) is 11.7. The van der Waals surface area contributed by atoms with Gasteiger partial charge in [0.05, 0.1) is 5.56 Å². The summed E-state index contributed by atoms with van der Waals surface area (Å²) in [5, 5.41) is 3.61. The van der Waals surface area contributed by atoms with Crippen molar-refractivity contribution < 1.29 is 14.3 Å². The first kappa shape index (κ1) is 28.9. The van der Waals surface area contributed by atoms with E-state index in [-0.39, 0.29) is 5.97 Å². The molecule has 0 saturated heterocycles. The van der Waals surface area contributed by atoms with Crippen molar-refractivity contribution >= 4 is 23.0 Å². The average molecular weight is 575 g/mol. The molecule has 4 aromatic rings. The van der Waals surface area contributed by atoms with Crippen LogP contribution in [0.25, 0.3) is 0 Å². The number of benzene rings is 4. The molecule has 1 unspecified atom stereocenters. The fraction of sp³-hybridized carbons (Fsp3) is 0.342. The Morgan fingerprint density at radius 1 is 0.721 bits per heavy atom. The molecule has 5 nitrogen and oxygen atoms in total. The second-order valence-electron chi connectivity index (χ2n) is 11.7. The van der Waals surface area contributed by atoms with Gasteiger partial charge in [-0.2, -0.15) is 0 Å². The fourth-order valence-corrected chi connectivity index (χ4v) is 6.51. The Hall–Kier alpha value is -4.25. The van der Waals surface area contributed by atoms with Crippen LogP contribution >= 0.6 is 0 Å². The van der Waals surface area contributed by atoms with E-state index in [9.17, 15) is 4.79 Å². The number of ether oxygens (including phenoxy) is 2. The molecule has 0 radical (unpaired) electrons. The zero-order valence-corrected chi connectivity index (χ0v) is 25.6. The van der Waals surface area contributed by atoms with Crippen LogP contribution in [0.3, 0.4) is 0 Å². The van der Waals surface area contributed by atoms with Gasteiger partial charge in [0.2, 0.25) is 0 Å². The van der Waals surface area contributed by atoms with Crippen LogP contribution in [0.15, 0.2) is 84.9 Å². The first-order valence-electron chi connectivity index (χ1n) is 16.0. The van der Waals surface area contributed by atoms with Crippen molar-refractivity contribution in [3.05, 3.63) is 113 Å². The van der Waals surface area contributed by atoms with E-state index in [1.165, 1.54) is 25.7 Å². The van der Waals surface area contributed by atoms with Gasteiger partial charge in [-0.1, -0.05) is 82.9 Å². The first-order chi connectivity index (χ1) is 21.1. The summed E-state index contributed by atoms with van der Waals surface area (Å²) in [6.07, 6.45) is 7.97. The SMILES string of the molecule is CCCCCN(CCCCC)c1ccc2c(c1)Oc1cc(CC)c(Nc3ccccc3)cc1C21OC(=O)c2ccccc21. The van der Waals surface area contributed by atoms with Crippen LogP contribution in [-0.2, 0) is 16.8 Å². The third kappa shape index (κ3) is 5.37. The van der Waals surface area contributed by atoms with E-state index in [0.29, 0.717) is 5.56 Å². The molecule has 43 heavy (non-hydrogen) atoms. The number of nitrogens with zero attached hydrogens (tertiary/aromatic N) is 1. The van der Waals surface area contributed by atoms with Crippen LogP contribution in [0, 0.1) is 0 Å². The molecule has 1 spiro atoms. The summed E-state index contributed by atoms with van der Waals surface area (Å²) in [5.74, 6) is 1.17. The summed E-state index contributed by atoms with van der Waals surface area (Å²) in [6, 6.07) is 28.6. The minimum atomic E-state index is -1.09. The maximum Gasteiger partial charge on any atom is 0.340 e. The molecular formula is C38H42N2O3. The lowest BCUT2D eigenvalue weighted by molar-refractivity contribution is 0.0224. The van der Waals surface area contributed by atoms with Crippen LogP contribution in [0.1, 0.15) is 91.9 Å². The number of unbranched alkanes of at least 4 members (excludes halogenated alkanes) is 4. The molecule has 0 aliphatic carbocycles. The molecule has 0 saturated carbocycles. The molecule has 0 fully saturated rings. The molecule has 0 aromatic heterocycles. The smallest absolute Gasteiger partial charge is 0.340 e. The van der Waals surface area contributed by atoms with E-state index in [4.69, 9.17) is 9.47 Å². The van der Waals surface area contributed by atoms with Crippen molar-refractivity contribution in [2.75, 3.05) is 23.3 Å². The maximum atomic E-state index is 13.4. The van der Waals surface area contributed by atoms with Crippen molar-refractivity contribution in [2.45, 2.75) is 71.3 Å². The normalized spacial score (nSPS) is 16.2. The van der Waals surface area contributed by atoms with E-state index in [2.05, 4.69) is 73.5 Å². The highest BCUT2D eigenvalue weighted by Crippen LogP contribution is 2.57. The highest BCUT2D eigenvalue weighted by molar-refractivity contribution is 5.97. The predicted octanol–water partition coefficient (Wildman–Crippen LogP) is 9.75. The number of carbonyl (C=O) groups excluding carboxylic acids is 1. The molecule has 1 N–H and O–H groups in total. The number of aryl methyl sites for hydroxylation is 1. The van der Waals surface area contributed by atoms with Gasteiger partial charge in [0.25, 0.3) is 0 Å². The van der Waals surface area contributed by atoms with E-state index in [1.807, 2.05) is 42.5 Å². The second kappa shape index (κ2) is 12.5. The van der Waals surface area contributed by atoms with Crippen molar-refractivity contribution in [3.8, 4) is 11.5 Å². The molecule has 1 atom stereocenters. The van der Waals surface area contributed by atoms with E-state index >= 15 is 0 Å². The topological polar surface area (TPSA) is 50.8 Å². The highest BCUT2D eigenvalue weighted by atomic mass is 16.6. The molecular weight excluding hydrogens is 532 g/mol. The molecule has 0 bridgehead atoms. The van der Waals surface area contributed by atoms with Gasteiger partial charge in [-0.3, -0.25) is 0 Å². The van der Waals surface area contributed by atoms with Gasteiger partial charge < -0.3 is 19.7 Å². The molecule has 5 heteroatoms. The number of nitrogens with one attached hydrogen (secondary N) is 1. The summed E-state index contributed by atoms with van der Waals surface area (Å²) >= 11 is 0. The number of para-hydroxylation sites is 1. The largest absolute Gasteiger partial charge is 0.456 e. The van der Waals surface area contributed by atoms with Gasteiger partial charge in [0.1, 0.15) is 11.5 Å². The van der Waals surface area contributed by atoms with Gasteiger partial charge in [0, 0.05) is 52.9 Å². The van der Waals surface area contributed by atoms with E-state index < -0.39 is 5.60 Å². The Morgan fingerprint density at radius 2 is 1.42 bits per heavy atom. The number of hydrogen-bond acceptors (Lipinski definition) is 5. The Morgan fingerprint density at radius 3 is 2.14 bits per heavy atom. The zero-order chi connectivity index (χ0) is 29.8. The predicted molar refractivity (Wildman–Crippen MR) is 175 cm³/mol. The zero-order valence-electron chi connectivity index (χ0n) is 25.6. The Balaban J connectivity index is 1.49. The Bertz CT molecular complexity index is 1590. The van der Waals surface area contributed by atoms with Crippen molar-refractivity contribution in [1.82, 2.24) is 0 Å². The standard InChI is InChI=1S/C38H42N2O3/c1-4-7-14-22-40(23-15-8-5-2)29-20-21-32-36(25-29)42-35-24-27(6-3)34(39-28-16-10-9-11-17-28)26-33(35)38(32)31-19-13-12-18-30(31)37(41)43-38/h9-13,16-21,24-26,39H,4-8,14-15,22-23H2,1-3H3. The quantitative estimate of drug-likeness (QED) is 0.135. The Kier molecular flexibility index (Phi) is 8.42. The summed E-state index contributed by atoms with van der Waals surface area (Å²) in [7, 11) is 0. The monoisotopic (exact) mass is 574 g/mol. The van der Waals surface area contributed by atoms with Crippen LogP contribution in [0.2, 0.25) is 0 Å². The molecule has 4 aromatic carbocycles. The van der Waals surface area contributed by atoms with Crippen LogP contribution < -0.4 is 15.0 Å². The van der Waals surface area contributed by atoms with Crippen molar-refractivity contribution in [3.63, 3.8) is 0 Å². The molecule has 2 aliphatic heterocycles. The van der Waals surface area contributed by atoms with Gasteiger partial charge in [-0.05, 0) is 67.3 Å². The molecule has 6 rings (SSSR count). The third-order valence-corrected chi connectivity index (χ3v) is 8.78. The lowest BCUT2D eigenvalue weighted by Gasteiger charge is -2.38. The lowest BCUT2D eigenvalue weighted by Crippen LogP contribution is -2.33. The van der Waals surface area contributed by atoms with Gasteiger partial charge >= 0.3 is 5.97 Å². The summed E-state index contributed by atoms with van der Waals surface area (Å²) < 4.78 is 13.2. The number of anilines is 3. The highest BCUT2D eigenvalue weighted by Gasteiger charge is 2.53. The maximum absolute atomic E-state index is 13.4. The molecule has 0 amide bonds. The van der Waals surface area contributed by atoms with Crippen LogP contribution in [-0.4, -0.2) is 19.1 Å². The molecule has 2 aliphatic rings. The lowest BCUT2D eigenvalue weighted by atomic mass is 9.77. The van der Waals surface area contributed by atoms with E-state index in [0.717, 1.165) is 83.2 Å². The minimum absolute atomic E-state index is 0.309. The number of carbonyl (C=O) groups is 1. The summed E-state index contributed by atoms with van der Waals surface area (Å²) in [4.78, 5) is 15.9. The summed E-state index contributed by atoms with van der Waals surface area (Å²) in [6.45, 7) is 8.68. The number of rotatable bonds is 12.